The van der Waals surface area contributed by atoms with Crippen molar-refractivity contribution >= 4 is 11.3 Å². The third-order valence-electron chi connectivity index (χ3n) is 2.78. The van der Waals surface area contributed by atoms with Gasteiger partial charge in [0.15, 0.2) is 0 Å². The molecule has 0 aliphatic heterocycles. The van der Waals surface area contributed by atoms with Crippen molar-refractivity contribution in [2.75, 3.05) is 26.3 Å². The molecular weight excluding hydrogens is 262 g/mol. The van der Waals surface area contributed by atoms with E-state index in [0.29, 0.717) is 19.8 Å². The molecule has 0 aliphatic rings. The highest BCUT2D eigenvalue weighted by atomic mass is 32.1. The lowest BCUT2D eigenvalue weighted by atomic mass is 10.2. The monoisotopic (exact) mass is 287 g/mol. The Hall–Kier alpha value is -0.460. The van der Waals surface area contributed by atoms with E-state index in [-0.39, 0.29) is 6.61 Å². The van der Waals surface area contributed by atoms with Crippen LogP contribution in [-0.2, 0) is 11.3 Å². The van der Waals surface area contributed by atoms with Crippen LogP contribution in [0.25, 0.3) is 0 Å². The first-order chi connectivity index (χ1) is 9.33. The number of hydrogen-bond acceptors (Lipinski definition) is 5. The average Bonchev–Trinajstić information content (AvgIpc) is 2.91. The van der Waals surface area contributed by atoms with Gasteiger partial charge in [0.25, 0.3) is 0 Å². The Morgan fingerprint density at radius 1 is 1.26 bits per heavy atom. The number of aliphatic hydroxyl groups is 2. The SMILES string of the molecule is OCCCCCCNCC(O)COCc1cccs1. The van der Waals surface area contributed by atoms with Gasteiger partial charge in [-0.2, -0.15) is 0 Å². The highest BCUT2D eigenvalue weighted by Gasteiger charge is 2.04. The van der Waals surface area contributed by atoms with Crippen LogP contribution in [0.1, 0.15) is 30.6 Å². The zero-order chi connectivity index (χ0) is 13.8. The maximum atomic E-state index is 9.70. The van der Waals surface area contributed by atoms with Crippen molar-refractivity contribution in [3.8, 4) is 0 Å². The summed E-state index contributed by atoms with van der Waals surface area (Å²) in [6.45, 7) is 2.72. The minimum absolute atomic E-state index is 0.285. The van der Waals surface area contributed by atoms with E-state index in [4.69, 9.17) is 9.84 Å². The van der Waals surface area contributed by atoms with E-state index in [2.05, 4.69) is 5.32 Å². The highest BCUT2D eigenvalue weighted by Crippen LogP contribution is 2.09. The molecule has 0 saturated heterocycles. The molecule has 1 aromatic rings. The second-order valence-corrected chi connectivity index (χ2v) is 5.62. The zero-order valence-corrected chi connectivity index (χ0v) is 12.2. The normalized spacial score (nSPS) is 12.7. The van der Waals surface area contributed by atoms with Crippen LogP contribution >= 0.6 is 11.3 Å². The summed E-state index contributed by atoms with van der Waals surface area (Å²) in [7, 11) is 0. The number of aliphatic hydroxyl groups excluding tert-OH is 2. The molecule has 1 rings (SSSR count). The van der Waals surface area contributed by atoms with Gasteiger partial charge in [-0.3, -0.25) is 0 Å². The number of rotatable bonds is 12. The molecule has 0 amide bonds. The molecule has 0 radical (unpaired) electrons. The standard InChI is InChI=1S/C14H25NO3S/c16-8-4-2-1-3-7-15-10-13(17)11-18-12-14-6-5-9-19-14/h5-6,9,13,15-17H,1-4,7-8,10-12H2. The molecule has 0 aromatic carbocycles. The van der Waals surface area contributed by atoms with Crippen LogP contribution in [0.4, 0.5) is 0 Å². The summed E-state index contributed by atoms with van der Waals surface area (Å²) in [6.07, 6.45) is 3.72. The Labute approximate surface area is 119 Å². The van der Waals surface area contributed by atoms with E-state index >= 15 is 0 Å². The molecule has 3 N–H and O–H groups in total. The van der Waals surface area contributed by atoms with Gasteiger partial charge in [0.05, 0.1) is 19.3 Å². The van der Waals surface area contributed by atoms with Gasteiger partial charge in [-0.15, -0.1) is 11.3 Å². The van der Waals surface area contributed by atoms with Crippen molar-refractivity contribution in [2.45, 2.75) is 38.4 Å². The summed E-state index contributed by atoms with van der Waals surface area (Å²) in [5, 5.41) is 23.6. The second-order valence-electron chi connectivity index (χ2n) is 4.59. The van der Waals surface area contributed by atoms with Crippen molar-refractivity contribution in [3.05, 3.63) is 22.4 Å². The lowest BCUT2D eigenvalue weighted by Crippen LogP contribution is -2.30. The predicted octanol–water partition coefficient (Wildman–Crippen LogP) is 1.77. The maximum Gasteiger partial charge on any atom is 0.0897 e. The van der Waals surface area contributed by atoms with Gasteiger partial charge in [-0.05, 0) is 30.8 Å². The van der Waals surface area contributed by atoms with Gasteiger partial charge in [0, 0.05) is 18.0 Å². The molecule has 0 bridgehead atoms. The first kappa shape index (κ1) is 16.6. The van der Waals surface area contributed by atoms with Gasteiger partial charge < -0.3 is 20.3 Å². The Morgan fingerprint density at radius 2 is 2.11 bits per heavy atom. The molecule has 1 heterocycles. The largest absolute Gasteiger partial charge is 0.396 e. The molecule has 5 heteroatoms. The first-order valence-electron chi connectivity index (χ1n) is 6.92. The summed E-state index contributed by atoms with van der Waals surface area (Å²) >= 11 is 1.67. The maximum absolute atomic E-state index is 9.70. The molecular formula is C14H25NO3S. The van der Waals surface area contributed by atoms with Gasteiger partial charge in [0.1, 0.15) is 0 Å². The summed E-state index contributed by atoms with van der Waals surface area (Å²) in [6, 6.07) is 4.03. The number of nitrogens with one attached hydrogen (secondary N) is 1. The van der Waals surface area contributed by atoms with Crippen LogP contribution in [0, 0.1) is 0 Å². The third kappa shape index (κ3) is 9.13. The molecule has 4 nitrogen and oxygen atoms in total. The van der Waals surface area contributed by atoms with Crippen molar-refractivity contribution in [2.24, 2.45) is 0 Å². The number of ether oxygens (including phenoxy) is 1. The van der Waals surface area contributed by atoms with Gasteiger partial charge >= 0.3 is 0 Å². The Balaban J connectivity index is 1.86. The quantitative estimate of drug-likeness (QED) is 0.513. The van der Waals surface area contributed by atoms with Crippen LogP contribution in [0.3, 0.4) is 0 Å². The van der Waals surface area contributed by atoms with E-state index in [0.717, 1.165) is 32.2 Å². The van der Waals surface area contributed by atoms with Gasteiger partial charge in [0.2, 0.25) is 0 Å². The minimum atomic E-state index is -0.447. The van der Waals surface area contributed by atoms with E-state index in [1.807, 2.05) is 17.5 Å². The number of thiophene rings is 1. The molecule has 0 saturated carbocycles. The molecule has 19 heavy (non-hydrogen) atoms. The van der Waals surface area contributed by atoms with Crippen molar-refractivity contribution < 1.29 is 14.9 Å². The van der Waals surface area contributed by atoms with Crippen LogP contribution in [0.15, 0.2) is 17.5 Å². The summed E-state index contributed by atoms with van der Waals surface area (Å²) in [5.74, 6) is 0. The number of hydrogen-bond donors (Lipinski definition) is 3. The van der Waals surface area contributed by atoms with E-state index in [1.54, 1.807) is 11.3 Å². The third-order valence-corrected chi connectivity index (χ3v) is 3.63. The summed E-state index contributed by atoms with van der Waals surface area (Å²) < 4.78 is 5.44. The van der Waals surface area contributed by atoms with Crippen LogP contribution in [-0.4, -0.2) is 42.6 Å². The molecule has 110 valence electrons. The first-order valence-corrected chi connectivity index (χ1v) is 7.80. The Kier molecular flexibility index (Phi) is 9.93. The van der Waals surface area contributed by atoms with E-state index in [1.165, 1.54) is 4.88 Å². The van der Waals surface area contributed by atoms with Crippen molar-refractivity contribution in [3.63, 3.8) is 0 Å². The highest BCUT2D eigenvalue weighted by molar-refractivity contribution is 7.09. The molecule has 1 unspecified atom stereocenters. The van der Waals surface area contributed by atoms with Gasteiger partial charge in [-0.1, -0.05) is 18.9 Å². The van der Waals surface area contributed by atoms with Crippen LogP contribution in [0.5, 0.6) is 0 Å². The molecule has 0 aliphatic carbocycles. The minimum Gasteiger partial charge on any atom is -0.396 e. The van der Waals surface area contributed by atoms with Crippen molar-refractivity contribution in [1.82, 2.24) is 5.32 Å². The molecule has 0 fully saturated rings. The molecule has 0 spiro atoms. The predicted molar refractivity (Wildman–Crippen MR) is 78.4 cm³/mol. The lowest BCUT2D eigenvalue weighted by molar-refractivity contribution is 0.0299. The summed E-state index contributed by atoms with van der Waals surface area (Å²) in [5.41, 5.74) is 0. The fourth-order valence-corrected chi connectivity index (χ4v) is 2.37. The Bertz CT molecular complexity index is 293. The Morgan fingerprint density at radius 3 is 2.84 bits per heavy atom. The lowest BCUT2D eigenvalue weighted by Gasteiger charge is -2.12. The molecule has 1 aromatic heterocycles. The zero-order valence-electron chi connectivity index (χ0n) is 11.4. The second kappa shape index (κ2) is 11.4. The fourth-order valence-electron chi connectivity index (χ4n) is 1.73. The van der Waals surface area contributed by atoms with E-state index in [9.17, 15) is 5.11 Å². The van der Waals surface area contributed by atoms with E-state index < -0.39 is 6.10 Å². The van der Waals surface area contributed by atoms with Crippen molar-refractivity contribution in [1.29, 1.82) is 0 Å². The topological polar surface area (TPSA) is 61.7 Å². The van der Waals surface area contributed by atoms with Gasteiger partial charge in [-0.25, -0.2) is 0 Å². The smallest absolute Gasteiger partial charge is 0.0897 e. The molecule has 1 atom stereocenters. The van der Waals surface area contributed by atoms with Crippen LogP contribution < -0.4 is 5.32 Å². The van der Waals surface area contributed by atoms with Crippen LogP contribution in [0.2, 0.25) is 0 Å². The number of unbranched alkanes of at least 4 members (excludes halogenated alkanes) is 3. The average molecular weight is 287 g/mol. The fraction of sp³-hybridized carbons (Fsp3) is 0.714. The summed E-state index contributed by atoms with van der Waals surface area (Å²) in [4.78, 5) is 1.18.